The lowest BCUT2D eigenvalue weighted by Gasteiger charge is -2.24. The van der Waals surface area contributed by atoms with Gasteiger partial charge in [0.15, 0.2) is 5.60 Å². The lowest BCUT2D eigenvalue weighted by Crippen LogP contribution is -2.50. The highest BCUT2D eigenvalue weighted by Gasteiger charge is 2.51. The fraction of sp³-hybridized carbons (Fsp3) is 0.714. The highest BCUT2D eigenvalue weighted by atomic mass is 16.5. The van der Waals surface area contributed by atoms with E-state index in [4.69, 9.17) is 10.3 Å². The molecule has 0 unspecified atom stereocenters. The monoisotopic (exact) mass is 189 g/mol. The van der Waals surface area contributed by atoms with E-state index in [0.717, 1.165) is 0 Å². The summed E-state index contributed by atoms with van der Waals surface area (Å²) in [5.41, 5.74) is -0.678. The molecule has 0 aromatic carbocycles. The van der Waals surface area contributed by atoms with Crippen LogP contribution in [0.25, 0.3) is 0 Å². The second kappa shape index (κ2) is 3.31. The summed E-state index contributed by atoms with van der Waals surface area (Å²) >= 11 is 0. The van der Waals surface area contributed by atoms with Crippen LogP contribution in [0, 0.1) is 5.92 Å². The molecular weight excluding hydrogens is 178 g/mol. The van der Waals surface area contributed by atoms with Crippen molar-refractivity contribution < 1.29 is 25.0 Å². The number of hydroxylamine groups is 1. The van der Waals surface area contributed by atoms with Crippen molar-refractivity contribution in [3.63, 3.8) is 0 Å². The fourth-order valence-corrected chi connectivity index (χ4v) is 1.69. The number of amides is 1. The zero-order valence-electron chi connectivity index (χ0n) is 6.86. The molecule has 1 saturated carbocycles. The number of carboxylic acids is 1. The summed E-state index contributed by atoms with van der Waals surface area (Å²) in [7, 11) is 0. The Balaban J connectivity index is 2.87. The molecule has 1 rings (SSSR count). The molecule has 74 valence electrons. The van der Waals surface area contributed by atoms with E-state index in [9.17, 15) is 14.7 Å². The maximum atomic E-state index is 11.0. The van der Waals surface area contributed by atoms with Crippen LogP contribution in [0.5, 0.6) is 0 Å². The minimum Gasteiger partial charge on any atom is -0.481 e. The Bertz CT molecular complexity index is 241. The number of carbonyl (C=O) groups excluding carboxylic acids is 1. The van der Waals surface area contributed by atoms with E-state index < -0.39 is 23.4 Å². The van der Waals surface area contributed by atoms with Crippen LogP contribution >= 0.6 is 0 Å². The molecule has 0 heterocycles. The molecule has 1 amide bonds. The third kappa shape index (κ3) is 1.50. The molecular formula is C7H11NO5. The standard InChI is InChI=1S/C7H11NO5/c9-5(10)4-2-1-3-7(4,12)6(11)8-13/h4,12-13H,1-3H2,(H,8,11)(H,9,10)/t4-,7-/m0/s1. The van der Waals surface area contributed by atoms with Crippen LogP contribution in [0.15, 0.2) is 0 Å². The lowest BCUT2D eigenvalue weighted by molar-refractivity contribution is -0.164. The van der Waals surface area contributed by atoms with E-state index in [1.807, 2.05) is 0 Å². The van der Waals surface area contributed by atoms with Crippen molar-refractivity contribution in [1.29, 1.82) is 0 Å². The van der Waals surface area contributed by atoms with Crippen LogP contribution in [0.4, 0.5) is 0 Å². The molecule has 0 spiro atoms. The molecule has 0 bridgehead atoms. The van der Waals surface area contributed by atoms with Gasteiger partial charge >= 0.3 is 5.97 Å². The van der Waals surface area contributed by atoms with Gasteiger partial charge in [-0.3, -0.25) is 14.8 Å². The first-order valence-electron chi connectivity index (χ1n) is 3.92. The summed E-state index contributed by atoms with van der Waals surface area (Å²) in [5.74, 6) is -3.39. The largest absolute Gasteiger partial charge is 0.481 e. The number of carbonyl (C=O) groups is 2. The summed E-state index contributed by atoms with van der Waals surface area (Å²) < 4.78 is 0. The van der Waals surface area contributed by atoms with Crippen LogP contribution < -0.4 is 5.48 Å². The zero-order chi connectivity index (χ0) is 10.1. The van der Waals surface area contributed by atoms with Crippen molar-refractivity contribution in [2.45, 2.75) is 24.9 Å². The van der Waals surface area contributed by atoms with Gasteiger partial charge in [0, 0.05) is 0 Å². The number of nitrogens with one attached hydrogen (secondary N) is 1. The molecule has 1 fully saturated rings. The molecule has 0 aromatic rings. The molecule has 0 aromatic heterocycles. The Kier molecular flexibility index (Phi) is 2.53. The Morgan fingerprint density at radius 2 is 2.08 bits per heavy atom. The first-order chi connectivity index (χ1) is 6.02. The van der Waals surface area contributed by atoms with Gasteiger partial charge in [-0.25, -0.2) is 5.48 Å². The minimum absolute atomic E-state index is 0.0658. The summed E-state index contributed by atoms with van der Waals surface area (Å²) in [6.07, 6.45) is 0.774. The van der Waals surface area contributed by atoms with E-state index in [1.54, 1.807) is 0 Å². The SMILES string of the molecule is O=C(O)[C@@H]1CCC[C@@]1(O)C(=O)NO. The number of hydrogen-bond donors (Lipinski definition) is 4. The van der Waals surface area contributed by atoms with Gasteiger partial charge in [0.25, 0.3) is 5.91 Å². The third-order valence-corrected chi connectivity index (χ3v) is 2.42. The highest BCUT2D eigenvalue weighted by Crippen LogP contribution is 2.35. The molecule has 13 heavy (non-hydrogen) atoms. The van der Waals surface area contributed by atoms with E-state index in [-0.39, 0.29) is 12.8 Å². The quantitative estimate of drug-likeness (QED) is 0.333. The summed E-state index contributed by atoms with van der Waals surface area (Å²) in [4.78, 5) is 21.6. The minimum atomic E-state index is -1.96. The van der Waals surface area contributed by atoms with Crippen molar-refractivity contribution in [2.75, 3.05) is 0 Å². The van der Waals surface area contributed by atoms with Gasteiger partial charge in [-0.05, 0) is 19.3 Å². The van der Waals surface area contributed by atoms with Crippen molar-refractivity contribution >= 4 is 11.9 Å². The molecule has 0 aliphatic heterocycles. The number of aliphatic carboxylic acids is 1. The lowest BCUT2D eigenvalue weighted by atomic mass is 9.90. The van der Waals surface area contributed by atoms with Gasteiger partial charge < -0.3 is 10.2 Å². The van der Waals surface area contributed by atoms with Crippen LogP contribution in [0.3, 0.4) is 0 Å². The van der Waals surface area contributed by atoms with Crippen molar-refractivity contribution in [3.8, 4) is 0 Å². The first kappa shape index (κ1) is 9.94. The average molecular weight is 189 g/mol. The highest BCUT2D eigenvalue weighted by molar-refractivity contribution is 5.90. The molecule has 0 saturated heterocycles. The maximum absolute atomic E-state index is 11.0. The van der Waals surface area contributed by atoms with E-state index in [0.29, 0.717) is 6.42 Å². The normalized spacial score (nSPS) is 32.9. The number of rotatable bonds is 2. The maximum Gasteiger partial charge on any atom is 0.309 e. The Morgan fingerprint density at radius 3 is 2.54 bits per heavy atom. The van der Waals surface area contributed by atoms with Crippen LogP contribution in [-0.4, -0.2) is 32.9 Å². The van der Waals surface area contributed by atoms with Crippen molar-refractivity contribution in [2.24, 2.45) is 5.92 Å². The molecule has 1 aliphatic rings. The second-order valence-electron chi connectivity index (χ2n) is 3.15. The summed E-state index contributed by atoms with van der Waals surface area (Å²) in [6.45, 7) is 0. The molecule has 0 radical (unpaired) electrons. The number of hydrogen-bond acceptors (Lipinski definition) is 4. The van der Waals surface area contributed by atoms with Crippen LogP contribution in [-0.2, 0) is 9.59 Å². The molecule has 6 nitrogen and oxygen atoms in total. The van der Waals surface area contributed by atoms with E-state index in [2.05, 4.69) is 0 Å². The Labute approximate surface area is 74.1 Å². The van der Waals surface area contributed by atoms with Gasteiger partial charge in [-0.2, -0.15) is 0 Å². The molecule has 2 atom stereocenters. The van der Waals surface area contributed by atoms with Crippen LogP contribution in [0.2, 0.25) is 0 Å². The number of carboxylic acid groups (broad SMARTS) is 1. The molecule has 1 aliphatic carbocycles. The number of aliphatic hydroxyl groups is 1. The van der Waals surface area contributed by atoms with E-state index in [1.165, 1.54) is 5.48 Å². The fourth-order valence-electron chi connectivity index (χ4n) is 1.69. The summed E-state index contributed by atoms with van der Waals surface area (Å²) in [6, 6.07) is 0. The van der Waals surface area contributed by atoms with Crippen LogP contribution in [0.1, 0.15) is 19.3 Å². The average Bonchev–Trinajstić information content (AvgIpc) is 2.47. The van der Waals surface area contributed by atoms with Gasteiger partial charge in [0.2, 0.25) is 0 Å². The zero-order valence-corrected chi connectivity index (χ0v) is 6.86. The first-order valence-corrected chi connectivity index (χ1v) is 3.92. The smallest absolute Gasteiger partial charge is 0.309 e. The van der Waals surface area contributed by atoms with Gasteiger partial charge in [-0.1, -0.05) is 0 Å². The second-order valence-corrected chi connectivity index (χ2v) is 3.15. The van der Waals surface area contributed by atoms with Crippen molar-refractivity contribution in [3.05, 3.63) is 0 Å². The summed E-state index contributed by atoms with van der Waals surface area (Å²) in [5, 5.41) is 26.6. The molecule has 4 N–H and O–H groups in total. The van der Waals surface area contributed by atoms with E-state index >= 15 is 0 Å². The van der Waals surface area contributed by atoms with Gasteiger partial charge in [0.1, 0.15) is 0 Å². The third-order valence-electron chi connectivity index (χ3n) is 2.42. The van der Waals surface area contributed by atoms with Gasteiger partial charge in [0.05, 0.1) is 5.92 Å². The predicted molar refractivity (Wildman–Crippen MR) is 39.9 cm³/mol. The predicted octanol–water partition coefficient (Wildman–Crippen LogP) is -0.892. The Morgan fingerprint density at radius 1 is 1.46 bits per heavy atom. The van der Waals surface area contributed by atoms with Crippen molar-refractivity contribution in [1.82, 2.24) is 5.48 Å². The Hall–Kier alpha value is -1.14. The van der Waals surface area contributed by atoms with Gasteiger partial charge in [-0.15, -0.1) is 0 Å². The topological polar surface area (TPSA) is 107 Å². The molecule has 6 heteroatoms.